The smallest absolute Gasteiger partial charge is 0.282 e. The fraction of sp³-hybridized carbons (Fsp3) is 0.400. The van der Waals surface area contributed by atoms with E-state index < -0.39 is 0 Å². The number of hydrogen-bond acceptors (Lipinski definition) is 5. The Bertz CT molecular complexity index is 1200. The van der Waals surface area contributed by atoms with Crippen LogP contribution in [-0.4, -0.2) is 29.1 Å². The third kappa shape index (κ3) is 4.65. The summed E-state index contributed by atoms with van der Waals surface area (Å²) >= 11 is 6.45. The summed E-state index contributed by atoms with van der Waals surface area (Å²) in [4.78, 5) is 18.2. The van der Waals surface area contributed by atoms with Crippen molar-refractivity contribution in [1.82, 2.24) is 9.66 Å². The highest BCUT2D eigenvalue weighted by molar-refractivity contribution is 6.32. The first-order chi connectivity index (χ1) is 15.5. The van der Waals surface area contributed by atoms with E-state index in [9.17, 15) is 4.79 Å². The molecule has 1 fully saturated rings. The van der Waals surface area contributed by atoms with Crippen molar-refractivity contribution in [3.63, 3.8) is 0 Å². The van der Waals surface area contributed by atoms with Gasteiger partial charge in [0, 0.05) is 5.92 Å². The molecule has 1 heterocycles. The Morgan fingerprint density at radius 3 is 2.66 bits per heavy atom. The summed E-state index contributed by atoms with van der Waals surface area (Å²) in [7, 11) is 1.57. The zero-order valence-electron chi connectivity index (χ0n) is 18.7. The molecule has 2 aromatic carbocycles. The minimum atomic E-state index is -0.162. The second kappa shape index (κ2) is 9.74. The number of fused-ring (bicyclic) bond motifs is 1. The van der Waals surface area contributed by atoms with Gasteiger partial charge in [0.15, 0.2) is 11.5 Å². The molecule has 0 aliphatic heterocycles. The standard InChI is InChI=1S/C25H28ClN3O3/c1-16(2)32-23-20(26)13-17(14-22(23)31-3)15-27-29-24(18-9-5-4-6-10-18)28-21-12-8-7-11-19(21)25(29)30/h7-8,11-16,18H,4-6,9-10H2,1-3H3. The number of rotatable bonds is 6. The van der Waals surface area contributed by atoms with Crippen molar-refractivity contribution in [3.8, 4) is 11.5 Å². The minimum Gasteiger partial charge on any atom is -0.493 e. The molecule has 0 radical (unpaired) electrons. The van der Waals surface area contributed by atoms with Crippen molar-refractivity contribution in [2.45, 2.75) is 58.0 Å². The van der Waals surface area contributed by atoms with Gasteiger partial charge in [-0.1, -0.05) is 43.0 Å². The van der Waals surface area contributed by atoms with E-state index in [1.165, 1.54) is 11.1 Å². The SMILES string of the molecule is COc1cc(C=Nn2c(C3CCCCC3)nc3ccccc3c2=O)cc(Cl)c1OC(C)C. The second-order valence-corrected chi connectivity index (χ2v) is 8.79. The van der Waals surface area contributed by atoms with Gasteiger partial charge in [-0.15, -0.1) is 0 Å². The van der Waals surface area contributed by atoms with Crippen LogP contribution in [0.3, 0.4) is 0 Å². The maximum absolute atomic E-state index is 13.3. The number of aromatic nitrogens is 2. The Kier molecular flexibility index (Phi) is 6.80. The first-order valence-electron chi connectivity index (χ1n) is 11.1. The Morgan fingerprint density at radius 1 is 1.19 bits per heavy atom. The van der Waals surface area contributed by atoms with Crippen molar-refractivity contribution in [2.24, 2.45) is 5.10 Å². The first-order valence-corrected chi connectivity index (χ1v) is 11.5. The Hall–Kier alpha value is -2.86. The van der Waals surface area contributed by atoms with Crippen LogP contribution in [0.25, 0.3) is 10.9 Å². The third-order valence-electron chi connectivity index (χ3n) is 5.68. The van der Waals surface area contributed by atoms with E-state index in [4.69, 9.17) is 26.1 Å². The number of ether oxygens (including phenoxy) is 2. The first kappa shape index (κ1) is 22.3. The lowest BCUT2D eigenvalue weighted by Crippen LogP contribution is -2.25. The van der Waals surface area contributed by atoms with Gasteiger partial charge in [-0.25, -0.2) is 4.98 Å². The molecule has 3 aromatic rings. The molecule has 1 aliphatic carbocycles. The fourth-order valence-electron chi connectivity index (χ4n) is 4.17. The van der Waals surface area contributed by atoms with Gasteiger partial charge in [-0.05, 0) is 56.5 Å². The van der Waals surface area contributed by atoms with E-state index in [0.717, 1.165) is 31.5 Å². The summed E-state index contributed by atoms with van der Waals surface area (Å²) < 4.78 is 12.7. The molecule has 1 saturated carbocycles. The van der Waals surface area contributed by atoms with Crippen LogP contribution >= 0.6 is 11.6 Å². The van der Waals surface area contributed by atoms with Gasteiger partial charge >= 0.3 is 0 Å². The molecule has 0 atom stereocenters. The van der Waals surface area contributed by atoms with Gasteiger partial charge in [0.2, 0.25) is 0 Å². The van der Waals surface area contributed by atoms with Crippen molar-refractivity contribution >= 4 is 28.7 Å². The topological polar surface area (TPSA) is 65.7 Å². The third-order valence-corrected chi connectivity index (χ3v) is 5.96. The predicted octanol–water partition coefficient (Wildman–Crippen LogP) is 5.78. The monoisotopic (exact) mass is 453 g/mol. The molecule has 0 bridgehead atoms. The fourth-order valence-corrected chi connectivity index (χ4v) is 4.43. The summed E-state index contributed by atoms with van der Waals surface area (Å²) in [6, 6.07) is 11.0. The lowest BCUT2D eigenvalue weighted by molar-refractivity contribution is 0.230. The lowest BCUT2D eigenvalue weighted by atomic mass is 9.88. The second-order valence-electron chi connectivity index (χ2n) is 8.38. The highest BCUT2D eigenvalue weighted by Crippen LogP contribution is 2.37. The number of benzene rings is 2. The molecule has 0 amide bonds. The molecule has 32 heavy (non-hydrogen) atoms. The number of methoxy groups -OCH3 is 1. The zero-order chi connectivity index (χ0) is 22.7. The normalized spacial score (nSPS) is 15.0. The molecule has 1 aromatic heterocycles. The van der Waals surface area contributed by atoms with E-state index in [1.54, 1.807) is 31.5 Å². The van der Waals surface area contributed by atoms with Crippen LogP contribution in [0.5, 0.6) is 11.5 Å². The van der Waals surface area contributed by atoms with Gasteiger partial charge < -0.3 is 9.47 Å². The predicted molar refractivity (Wildman–Crippen MR) is 129 cm³/mol. The molecule has 1 aliphatic rings. The van der Waals surface area contributed by atoms with E-state index in [1.807, 2.05) is 32.0 Å². The summed E-state index contributed by atoms with van der Waals surface area (Å²) in [6.45, 7) is 3.86. The molecule has 6 nitrogen and oxygen atoms in total. The number of para-hydroxylation sites is 1. The molecule has 0 spiro atoms. The number of hydrogen-bond donors (Lipinski definition) is 0. The van der Waals surface area contributed by atoms with Gasteiger partial charge in [0.05, 0.1) is 35.4 Å². The van der Waals surface area contributed by atoms with Crippen LogP contribution < -0.4 is 15.0 Å². The largest absolute Gasteiger partial charge is 0.493 e. The molecule has 0 N–H and O–H groups in total. The average molecular weight is 454 g/mol. The Balaban J connectivity index is 1.79. The number of halogens is 1. The Morgan fingerprint density at radius 2 is 1.94 bits per heavy atom. The molecule has 7 heteroatoms. The minimum absolute atomic E-state index is 0.0405. The van der Waals surface area contributed by atoms with Crippen LogP contribution in [-0.2, 0) is 0 Å². The molecule has 4 rings (SSSR count). The maximum Gasteiger partial charge on any atom is 0.282 e. The van der Waals surface area contributed by atoms with Gasteiger partial charge in [-0.3, -0.25) is 4.79 Å². The summed E-state index contributed by atoms with van der Waals surface area (Å²) in [6.07, 6.45) is 7.12. The van der Waals surface area contributed by atoms with E-state index >= 15 is 0 Å². The van der Waals surface area contributed by atoms with Gasteiger partial charge in [-0.2, -0.15) is 9.78 Å². The van der Waals surface area contributed by atoms with E-state index in [2.05, 4.69) is 5.10 Å². The molecule has 0 unspecified atom stereocenters. The van der Waals surface area contributed by atoms with Crippen molar-refractivity contribution < 1.29 is 9.47 Å². The lowest BCUT2D eigenvalue weighted by Gasteiger charge is -2.22. The molecule has 168 valence electrons. The number of nitrogens with zero attached hydrogens (tertiary/aromatic N) is 3. The Labute approximate surface area is 192 Å². The van der Waals surface area contributed by atoms with Gasteiger partial charge in [0.1, 0.15) is 5.82 Å². The summed E-state index contributed by atoms with van der Waals surface area (Å²) in [5.74, 6) is 1.96. The van der Waals surface area contributed by atoms with Crippen LogP contribution in [0, 0.1) is 0 Å². The van der Waals surface area contributed by atoms with Crippen LogP contribution in [0.2, 0.25) is 5.02 Å². The highest BCUT2D eigenvalue weighted by Gasteiger charge is 2.22. The highest BCUT2D eigenvalue weighted by atomic mass is 35.5. The van der Waals surface area contributed by atoms with Crippen molar-refractivity contribution in [3.05, 3.63) is 63.2 Å². The van der Waals surface area contributed by atoms with Crippen LogP contribution in [0.4, 0.5) is 0 Å². The quantitative estimate of drug-likeness (QED) is 0.444. The van der Waals surface area contributed by atoms with Gasteiger partial charge in [0.25, 0.3) is 5.56 Å². The van der Waals surface area contributed by atoms with Crippen LogP contribution in [0.1, 0.15) is 63.3 Å². The zero-order valence-corrected chi connectivity index (χ0v) is 19.4. The average Bonchev–Trinajstić information content (AvgIpc) is 2.80. The van der Waals surface area contributed by atoms with Crippen LogP contribution in [0.15, 0.2) is 46.3 Å². The molecular formula is C25H28ClN3O3. The summed E-state index contributed by atoms with van der Waals surface area (Å²) in [5.41, 5.74) is 1.26. The maximum atomic E-state index is 13.3. The molecule has 0 saturated heterocycles. The van der Waals surface area contributed by atoms with E-state index in [-0.39, 0.29) is 17.6 Å². The van der Waals surface area contributed by atoms with Crippen molar-refractivity contribution in [2.75, 3.05) is 7.11 Å². The van der Waals surface area contributed by atoms with E-state index in [0.29, 0.717) is 33.0 Å². The van der Waals surface area contributed by atoms with Crippen molar-refractivity contribution in [1.29, 1.82) is 0 Å². The summed E-state index contributed by atoms with van der Waals surface area (Å²) in [5, 5.41) is 5.55. The molecular weight excluding hydrogens is 426 g/mol.